The summed E-state index contributed by atoms with van der Waals surface area (Å²) in [6.45, 7) is 9.64. The first-order valence-electron chi connectivity index (χ1n) is 12.3. The van der Waals surface area contributed by atoms with Gasteiger partial charge in [0.2, 0.25) is 0 Å². The van der Waals surface area contributed by atoms with E-state index >= 15 is 0 Å². The summed E-state index contributed by atoms with van der Waals surface area (Å²) in [6.07, 6.45) is 9.26. The number of rotatable bonds is 5. The zero-order chi connectivity index (χ0) is 22.8. The Hall–Kier alpha value is -2.70. The highest BCUT2D eigenvalue weighted by Crippen LogP contribution is 2.36. The lowest BCUT2D eigenvalue weighted by atomic mass is 9.99. The van der Waals surface area contributed by atoms with E-state index in [0.717, 1.165) is 86.7 Å². The molecule has 2 aliphatic heterocycles. The standard InChI is InChI=1S/C27H34N4O2/c1-19(2)29-26-23-4-3-5-25(23)28-18-24(26)20-6-8-21(9-7-20)27(32)31-12-10-22(11-13-31)30-14-16-33-17-15-30/h3-4,6-9,18-19,22H,5,10-17H2,1-2H3,(H,28,29). The number of ether oxygens (including phenoxy) is 1. The number of morpholine rings is 1. The van der Waals surface area contributed by atoms with Gasteiger partial charge in [-0.15, -0.1) is 0 Å². The Balaban J connectivity index is 1.28. The highest BCUT2D eigenvalue weighted by atomic mass is 16.5. The van der Waals surface area contributed by atoms with Crippen LogP contribution in [0.4, 0.5) is 5.69 Å². The van der Waals surface area contributed by atoms with Crippen LogP contribution in [0.1, 0.15) is 48.3 Å². The van der Waals surface area contributed by atoms with Gasteiger partial charge in [0.25, 0.3) is 5.91 Å². The third-order valence-corrected chi connectivity index (χ3v) is 6.98. The van der Waals surface area contributed by atoms with Gasteiger partial charge in [0, 0.05) is 67.6 Å². The zero-order valence-electron chi connectivity index (χ0n) is 19.7. The molecule has 1 N–H and O–H groups in total. The van der Waals surface area contributed by atoms with Crippen molar-refractivity contribution in [1.82, 2.24) is 14.8 Å². The van der Waals surface area contributed by atoms with Gasteiger partial charge in [-0.05, 0) is 44.4 Å². The summed E-state index contributed by atoms with van der Waals surface area (Å²) in [4.78, 5) is 22.4. The highest BCUT2D eigenvalue weighted by molar-refractivity contribution is 5.95. The van der Waals surface area contributed by atoms with Crippen molar-refractivity contribution in [2.45, 2.75) is 45.2 Å². The number of benzene rings is 1. The molecule has 0 saturated carbocycles. The summed E-state index contributed by atoms with van der Waals surface area (Å²) >= 11 is 0. The van der Waals surface area contributed by atoms with Gasteiger partial charge in [-0.2, -0.15) is 0 Å². The Morgan fingerprint density at radius 3 is 2.52 bits per heavy atom. The van der Waals surface area contributed by atoms with Crippen molar-refractivity contribution in [2.75, 3.05) is 44.7 Å². The Morgan fingerprint density at radius 1 is 1.09 bits per heavy atom. The van der Waals surface area contributed by atoms with Crippen molar-refractivity contribution < 1.29 is 9.53 Å². The van der Waals surface area contributed by atoms with Gasteiger partial charge in [0.15, 0.2) is 0 Å². The first kappa shape index (κ1) is 22.1. The molecule has 3 aliphatic rings. The Labute approximate surface area is 196 Å². The fourth-order valence-corrected chi connectivity index (χ4v) is 5.21. The number of nitrogens with one attached hydrogen (secondary N) is 1. The monoisotopic (exact) mass is 446 g/mol. The van der Waals surface area contributed by atoms with Gasteiger partial charge in [-0.1, -0.05) is 24.3 Å². The van der Waals surface area contributed by atoms with E-state index in [2.05, 4.69) is 48.3 Å². The number of amides is 1. The first-order chi connectivity index (χ1) is 16.1. The fourth-order valence-electron chi connectivity index (χ4n) is 5.21. The fraction of sp³-hybridized carbons (Fsp3) is 0.481. The molecule has 1 aliphatic carbocycles. The van der Waals surface area contributed by atoms with Crippen LogP contribution in [0.25, 0.3) is 17.2 Å². The van der Waals surface area contributed by atoms with Crippen LogP contribution >= 0.6 is 0 Å². The first-order valence-corrected chi connectivity index (χ1v) is 12.3. The van der Waals surface area contributed by atoms with E-state index in [1.54, 1.807) is 0 Å². The molecule has 0 bridgehead atoms. The molecule has 0 atom stereocenters. The van der Waals surface area contributed by atoms with Crippen LogP contribution in [0.5, 0.6) is 0 Å². The molecular formula is C27H34N4O2. The van der Waals surface area contributed by atoms with Crippen molar-refractivity contribution in [3.63, 3.8) is 0 Å². The second-order valence-corrected chi connectivity index (χ2v) is 9.56. The molecule has 1 aromatic heterocycles. The van der Waals surface area contributed by atoms with Crippen LogP contribution in [-0.2, 0) is 11.2 Å². The number of fused-ring (bicyclic) bond motifs is 1. The maximum absolute atomic E-state index is 13.2. The number of pyridine rings is 1. The molecule has 6 heteroatoms. The minimum absolute atomic E-state index is 0.137. The maximum atomic E-state index is 13.2. The summed E-state index contributed by atoms with van der Waals surface area (Å²) in [6, 6.07) is 8.95. The molecule has 33 heavy (non-hydrogen) atoms. The number of hydrogen-bond acceptors (Lipinski definition) is 5. The van der Waals surface area contributed by atoms with E-state index < -0.39 is 0 Å². The number of nitrogens with zero attached hydrogens (tertiary/aromatic N) is 3. The molecule has 174 valence electrons. The van der Waals surface area contributed by atoms with Gasteiger partial charge in [0.05, 0.1) is 24.6 Å². The van der Waals surface area contributed by atoms with Crippen molar-refractivity contribution in [1.29, 1.82) is 0 Å². The van der Waals surface area contributed by atoms with Crippen molar-refractivity contribution in [3.05, 3.63) is 53.4 Å². The summed E-state index contributed by atoms with van der Waals surface area (Å²) in [5.41, 5.74) is 6.36. The summed E-state index contributed by atoms with van der Waals surface area (Å²) in [7, 11) is 0. The van der Waals surface area contributed by atoms with Gasteiger partial charge in [0.1, 0.15) is 0 Å². The highest BCUT2D eigenvalue weighted by Gasteiger charge is 2.28. The molecule has 1 aromatic carbocycles. The van der Waals surface area contributed by atoms with E-state index in [-0.39, 0.29) is 5.91 Å². The average molecular weight is 447 g/mol. The number of hydrogen-bond donors (Lipinski definition) is 1. The smallest absolute Gasteiger partial charge is 0.253 e. The number of allylic oxidation sites excluding steroid dienone is 1. The molecule has 1 amide bonds. The van der Waals surface area contributed by atoms with Gasteiger partial charge < -0.3 is 15.0 Å². The van der Waals surface area contributed by atoms with E-state index in [4.69, 9.17) is 9.72 Å². The molecular weight excluding hydrogens is 412 g/mol. The normalized spacial score (nSPS) is 19.2. The van der Waals surface area contributed by atoms with Crippen LogP contribution in [0, 0.1) is 0 Å². The minimum atomic E-state index is 0.137. The Bertz CT molecular complexity index is 1020. The van der Waals surface area contributed by atoms with Crippen LogP contribution in [-0.4, -0.2) is 72.2 Å². The van der Waals surface area contributed by atoms with Crippen molar-refractivity contribution in [3.8, 4) is 11.1 Å². The number of carbonyl (C=O) groups is 1. The Morgan fingerprint density at radius 2 is 1.82 bits per heavy atom. The van der Waals surface area contributed by atoms with E-state index in [9.17, 15) is 4.79 Å². The third kappa shape index (κ3) is 4.68. The lowest BCUT2D eigenvalue weighted by Gasteiger charge is -2.40. The predicted molar refractivity (Wildman–Crippen MR) is 132 cm³/mol. The largest absolute Gasteiger partial charge is 0.382 e. The van der Waals surface area contributed by atoms with E-state index in [1.807, 2.05) is 23.2 Å². The molecule has 5 rings (SSSR count). The second-order valence-electron chi connectivity index (χ2n) is 9.56. The van der Waals surface area contributed by atoms with Crippen molar-refractivity contribution >= 4 is 17.7 Å². The lowest BCUT2D eigenvalue weighted by Crippen LogP contribution is -2.50. The van der Waals surface area contributed by atoms with Crippen LogP contribution < -0.4 is 5.32 Å². The minimum Gasteiger partial charge on any atom is -0.382 e. The molecule has 2 aromatic rings. The second kappa shape index (κ2) is 9.65. The van der Waals surface area contributed by atoms with Gasteiger partial charge in [-0.25, -0.2) is 0 Å². The molecule has 0 radical (unpaired) electrons. The molecule has 2 fully saturated rings. The SMILES string of the molecule is CC(C)Nc1c(-c2ccc(C(=O)N3CCC(N4CCOCC4)CC3)cc2)cnc2c1C=CC2. The maximum Gasteiger partial charge on any atom is 0.253 e. The third-order valence-electron chi connectivity index (χ3n) is 6.98. The quantitative estimate of drug-likeness (QED) is 0.750. The number of likely N-dealkylation sites (tertiary alicyclic amines) is 1. The van der Waals surface area contributed by atoms with Crippen LogP contribution in [0.2, 0.25) is 0 Å². The Kier molecular flexibility index (Phi) is 6.47. The van der Waals surface area contributed by atoms with E-state index in [0.29, 0.717) is 12.1 Å². The summed E-state index contributed by atoms with van der Waals surface area (Å²) in [5, 5.41) is 3.61. The van der Waals surface area contributed by atoms with Crippen LogP contribution in [0.15, 0.2) is 36.5 Å². The number of anilines is 1. The number of aromatic nitrogens is 1. The van der Waals surface area contributed by atoms with E-state index in [1.165, 1.54) is 5.56 Å². The molecule has 3 heterocycles. The van der Waals surface area contributed by atoms with Crippen LogP contribution in [0.3, 0.4) is 0 Å². The number of carbonyl (C=O) groups excluding carboxylic acids is 1. The molecule has 6 nitrogen and oxygen atoms in total. The number of piperidine rings is 1. The predicted octanol–water partition coefficient (Wildman–Crippen LogP) is 4.08. The van der Waals surface area contributed by atoms with Crippen molar-refractivity contribution in [2.24, 2.45) is 0 Å². The average Bonchev–Trinajstić information content (AvgIpc) is 3.34. The lowest BCUT2D eigenvalue weighted by molar-refractivity contribution is 0.00159. The summed E-state index contributed by atoms with van der Waals surface area (Å²) in [5.74, 6) is 0.137. The van der Waals surface area contributed by atoms with Gasteiger partial charge >= 0.3 is 0 Å². The molecule has 2 saturated heterocycles. The summed E-state index contributed by atoms with van der Waals surface area (Å²) < 4.78 is 5.48. The molecule has 0 unspecified atom stereocenters. The zero-order valence-corrected chi connectivity index (χ0v) is 19.7. The topological polar surface area (TPSA) is 57.7 Å². The van der Waals surface area contributed by atoms with Gasteiger partial charge in [-0.3, -0.25) is 14.7 Å². The molecule has 0 spiro atoms.